The van der Waals surface area contributed by atoms with E-state index in [0.29, 0.717) is 0 Å². The minimum absolute atomic E-state index is 0.790. The Balaban J connectivity index is 2.17. The lowest BCUT2D eigenvalue weighted by molar-refractivity contribution is 0.482. The monoisotopic (exact) mass is 200 g/mol. The standard InChI is InChI=1S/C12H12N2O/c1-13-10-3-2-4-12(9-10)15-11-5-7-14-8-6-11/h2-9,13H,1H3. The number of nitrogens with zero attached hydrogens (tertiary/aromatic N) is 1. The Morgan fingerprint density at radius 1 is 1.07 bits per heavy atom. The van der Waals surface area contributed by atoms with Gasteiger partial charge < -0.3 is 10.1 Å². The molecule has 15 heavy (non-hydrogen) atoms. The van der Waals surface area contributed by atoms with Gasteiger partial charge in [-0.2, -0.15) is 0 Å². The van der Waals surface area contributed by atoms with Crippen LogP contribution in [0.25, 0.3) is 0 Å². The highest BCUT2D eigenvalue weighted by atomic mass is 16.5. The average molecular weight is 200 g/mol. The molecule has 0 aliphatic heterocycles. The molecule has 76 valence electrons. The van der Waals surface area contributed by atoms with E-state index in [1.807, 2.05) is 43.4 Å². The smallest absolute Gasteiger partial charge is 0.130 e. The van der Waals surface area contributed by atoms with Crippen LogP contribution in [0.1, 0.15) is 0 Å². The number of rotatable bonds is 3. The van der Waals surface area contributed by atoms with Crippen molar-refractivity contribution in [2.45, 2.75) is 0 Å². The molecule has 0 saturated carbocycles. The minimum atomic E-state index is 0.790. The maximum Gasteiger partial charge on any atom is 0.130 e. The minimum Gasteiger partial charge on any atom is -0.457 e. The van der Waals surface area contributed by atoms with E-state index in [1.54, 1.807) is 12.4 Å². The molecular formula is C12H12N2O. The molecule has 0 spiro atoms. The van der Waals surface area contributed by atoms with Crippen molar-refractivity contribution in [2.24, 2.45) is 0 Å². The van der Waals surface area contributed by atoms with Crippen LogP contribution in [0.4, 0.5) is 5.69 Å². The molecule has 1 heterocycles. The Bertz CT molecular complexity index is 429. The zero-order valence-electron chi connectivity index (χ0n) is 8.47. The second-order valence-corrected chi connectivity index (χ2v) is 3.06. The fourth-order valence-corrected chi connectivity index (χ4v) is 1.26. The maximum atomic E-state index is 5.64. The summed E-state index contributed by atoms with van der Waals surface area (Å²) >= 11 is 0. The number of ether oxygens (including phenoxy) is 1. The van der Waals surface area contributed by atoms with E-state index in [1.165, 1.54) is 0 Å². The van der Waals surface area contributed by atoms with Crippen molar-refractivity contribution < 1.29 is 4.74 Å². The molecule has 3 heteroatoms. The van der Waals surface area contributed by atoms with Crippen LogP contribution in [0.2, 0.25) is 0 Å². The van der Waals surface area contributed by atoms with Crippen molar-refractivity contribution in [3.63, 3.8) is 0 Å². The van der Waals surface area contributed by atoms with Gasteiger partial charge in [-0.1, -0.05) is 6.07 Å². The van der Waals surface area contributed by atoms with Gasteiger partial charge in [0.25, 0.3) is 0 Å². The van der Waals surface area contributed by atoms with Crippen molar-refractivity contribution in [3.05, 3.63) is 48.8 Å². The molecule has 0 saturated heterocycles. The van der Waals surface area contributed by atoms with Crippen LogP contribution in [-0.2, 0) is 0 Å². The summed E-state index contributed by atoms with van der Waals surface area (Å²) in [6, 6.07) is 11.4. The van der Waals surface area contributed by atoms with Gasteiger partial charge in [-0.05, 0) is 24.3 Å². The molecule has 0 radical (unpaired) electrons. The van der Waals surface area contributed by atoms with Gasteiger partial charge >= 0.3 is 0 Å². The number of aromatic nitrogens is 1. The van der Waals surface area contributed by atoms with Gasteiger partial charge in [-0.15, -0.1) is 0 Å². The Morgan fingerprint density at radius 2 is 1.87 bits per heavy atom. The molecule has 3 nitrogen and oxygen atoms in total. The van der Waals surface area contributed by atoms with Gasteiger partial charge in [0.05, 0.1) is 0 Å². The Morgan fingerprint density at radius 3 is 2.60 bits per heavy atom. The molecule has 0 bridgehead atoms. The van der Waals surface area contributed by atoms with Gasteiger partial charge in [0.15, 0.2) is 0 Å². The third kappa shape index (κ3) is 2.47. The summed E-state index contributed by atoms with van der Waals surface area (Å²) < 4.78 is 5.64. The average Bonchev–Trinajstić information content (AvgIpc) is 2.31. The molecule has 2 aromatic rings. The van der Waals surface area contributed by atoms with Gasteiger partial charge in [0.1, 0.15) is 11.5 Å². The fraction of sp³-hybridized carbons (Fsp3) is 0.0833. The molecule has 0 unspecified atom stereocenters. The molecule has 0 aliphatic carbocycles. The summed E-state index contributed by atoms with van der Waals surface area (Å²) in [4.78, 5) is 3.93. The maximum absolute atomic E-state index is 5.64. The Labute approximate surface area is 88.7 Å². The van der Waals surface area contributed by atoms with E-state index in [9.17, 15) is 0 Å². The molecule has 0 aliphatic rings. The number of hydrogen-bond acceptors (Lipinski definition) is 3. The van der Waals surface area contributed by atoms with E-state index in [4.69, 9.17) is 4.74 Å². The number of nitrogens with one attached hydrogen (secondary N) is 1. The van der Waals surface area contributed by atoms with Crippen LogP contribution in [0.3, 0.4) is 0 Å². The summed E-state index contributed by atoms with van der Waals surface area (Å²) in [5, 5.41) is 3.06. The van der Waals surface area contributed by atoms with Crippen LogP contribution in [0.15, 0.2) is 48.8 Å². The fourth-order valence-electron chi connectivity index (χ4n) is 1.26. The first-order valence-electron chi connectivity index (χ1n) is 4.74. The van der Waals surface area contributed by atoms with Gasteiger partial charge in [0.2, 0.25) is 0 Å². The second kappa shape index (κ2) is 4.46. The first-order chi connectivity index (χ1) is 7.38. The third-order valence-electron chi connectivity index (χ3n) is 2.01. The van der Waals surface area contributed by atoms with E-state index in [2.05, 4.69) is 10.3 Å². The van der Waals surface area contributed by atoms with Crippen molar-refractivity contribution in [3.8, 4) is 11.5 Å². The van der Waals surface area contributed by atoms with Gasteiger partial charge in [-0.25, -0.2) is 0 Å². The largest absolute Gasteiger partial charge is 0.457 e. The normalized spacial score (nSPS) is 9.67. The SMILES string of the molecule is CNc1cccc(Oc2ccncc2)c1. The summed E-state index contributed by atoms with van der Waals surface area (Å²) in [5.41, 5.74) is 1.03. The zero-order chi connectivity index (χ0) is 10.5. The molecule has 0 fully saturated rings. The van der Waals surface area contributed by atoms with E-state index < -0.39 is 0 Å². The summed E-state index contributed by atoms with van der Waals surface area (Å²) in [6.07, 6.45) is 3.41. The molecule has 0 atom stereocenters. The predicted molar refractivity (Wildman–Crippen MR) is 60.3 cm³/mol. The van der Waals surface area contributed by atoms with E-state index in [0.717, 1.165) is 17.2 Å². The van der Waals surface area contributed by atoms with Crippen LogP contribution in [0.5, 0.6) is 11.5 Å². The van der Waals surface area contributed by atoms with Crippen LogP contribution >= 0.6 is 0 Å². The lowest BCUT2D eigenvalue weighted by Crippen LogP contribution is -1.89. The zero-order valence-corrected chi connectivity index (χ0v) is 8.47. The first kappa shape index (κ1) is 9.52. The highest BCUT2D eigenvalue weighted by Gasteiger charge is 1.96. The molecule has 1 aromatic heterocycles. The Kier molecular flexibility index (Phi) is 2.83. The number of benzene rings is 1. The molecule has 1 N–H and O–H groups in total. The van der Waals surface area contributed by atoms with Crippen molar-refractivity contribution in [1.29, 1.82) is 0 Å². The van der Waals surface area contributed by atoms with Crippen LogP contribution < -0.4 is 10.1 Å². The molecule has 1 aromatic carbocycles. The highest BCUT2D eigenvalue weighted by molar-refractivity contribution is 5.48. The predicted octanol–water partition coefficient (Wildman–Crippen LogP) is 2.92. The summed E-state index contributed by atoms with van der Waals surface area (Å²) in [7, 11) is 1.88. The summed E-state index contributed by atoms with van der Waals surface area (Å²) in [6.45, 7) is 0. The lowest BCUT2D eigenvalue weighted by Gasteiger charge is -2.06. The lowest BCUT2D eigenvalue weighted by atomic mass is 10.3. The molecular weight excluding hydrogens is 188 g/mol. The van der Waals surface area contributed by atoms with Crippen molar-refractivity contribution in [2.75, 3.05) is 12.4 Å². The van der Waals surface area contributed by atoms with Crippen molar-refractivity contribution >= 4 is 5.69 Å². The number of hydrogen-bond donors (Lipinski definition) is 1. The first-order valence-corrected chi connectivity index (χ1v) is 4.74. The molecule has 2 rings (SSSR count). The summed E-state index contributed by atoms with van der Waals surface area (Å²) in [5.74, 6) is 1.60. The third-order valence-corrected chi connectivity index (χ3v) is 2.01. The van der Waals surface area contributed by atoms with E-state index >= 15 is 0 Å². The van der Waals surface area contributed by atoms with Crippen LogP contribution in [0, 0.1) is 0 Å². The van der Waals surface area contributed by atoms with Crippen molar-refractivity contribution in [1.82, 2.24) is 4.98 Å². The molecule has 0 amide bonds. The van der Waals surface area contributed by atoms with Crippen LogP contribution in [-0.4, -0.2) is 12.0 Å². The van der Waals surface area contributed by atoms with E-state index in [-0.39, 0.29) is 0 Å². The van der Waals surface area contributed by atoms with Gasteiger partial charge in [-0.3, -0.25) is 4.98 Å². The Hall–Kier alpha value is -2.03. The topological polar surface area (TPSA) is 34.1 Å². The van der Waals surface area contributed by atoms with Gasteiger partial charge in [0, 0.05) is 31.2 Å². The number of anilines is 1. The quantitative estimate of drug-likeness (QED) is 0.827. The highest BCUT2D eigenvalue weighted by Crippen LogP contribution is 2.22. The number of pyridine rings is 1. The second-order valence-electron chi connectivity index (χ2n) is 3.06.